The van der Waals surface area contributed by atoms with Gasteiger partial charge in [0.2, 0.25) is 0 Å². The third-order valence-electron chi connectivity index (χ3n) is 6.33. The van der Waals surface area contributed by atoms with Crippen LogP contribution in [0.25, 0.3) is 10.8 Å². The highest BCUT2D eigenvalue weighted by molar-refractivity contribution is 7.88. The summed E-state index contributed by atoms with van der Waals surface area (Å²) in [5.41, 5.74) is -0.980. The highest BCUT2D eigenvalue weighted by Gasteiger charge is 2.49. The van der Waals surface area contributed by atoms with Gasteiger partial charge in [0.25, 0.3) is 0 Å². The fraction of sp³-hybridized carbons (Fsp3) is 0.520. The molecule has 0 heterocycles. The van der Waals surface area contributed by atoms with E-state index in [-0.39, 0.29) is 29.2 Å². The third kappa shape index (κ3) is 5.93. The van der Waals surface area contributed by atoms with Gasteiger partial charge in [0, 0.05) is 18.6 Å². The first kappa shape index (κ1) is 29.8. The zero-order chi connectivity index (χ0) is 27.5. The highest BCUT2D eigenvalue weighted by atomic mass is 32.2. The molecule has 200 valence electrons. The molecule has 0 aliphatic carbocycles. The fourth-order valence-electron chi connectivity index (χ4n) is 4.72. The van der Waals surface area contributed by atoms with Gasteiger partial charge in [-0.2, -0.15) is 21.6 Å². The molecular formula is C25H33F3O6SSi. The Labute approximate surface area is 212 Å². The molecular weight excluding hydrogens is 513 g/mol. The molecule has 0 saturated heterocycles. The van der Waals surface area contributed by atoms with Crippen molar-refractivity contribution in [1.29, 1.82) is 0 Å². The fourth-order valence-corrected chi connectivity index (χ4v) is 10.4. The van der Waals surface area contributed by atoms with E-state index in [1.165, 1.54) is 14.2 Å². The van der Waals surface area contributed by atoms with Crippen LogP contribution < -0.4 is 13.7 Å². The summed E-state index contributed by atoms with van der Waals surface area (Å²) in [6.07, 6.45) is 0. The SMILES string of the molecule is COCOc1cc(OS(=O)(=O)C(F)(F)F)c2c(C#C[Si](C(C)C)(C(C)C)C(C)C)c(OC)ccc2c1. The Hall–Kier alpha value is -2.42. The van der Waals surface area contributed by atoms with E-state index in [1.807, 2.05) is 0 Å². The van der Waals surface area contributed by atoms with Crippen LogP contribution in [0.3, 0.4) is 0 Å². The molecule has 0 fully saturated rings. The summed E-state index contributed by atoms with van der Waals surface area (Å²) < 4.78 is 84.0. The van der Waals surface area contributed by atoms with Gasteiger partial charge in [-0.1, -0.05) is 53.5 Å². The number of ether oxygens (including phenoxy) is 3. The van der Waals surface area contributed by atoms with Gasteiger partial charge in [0.15, 0.2) is 12.5 Å². The van der Waals surface area contributed by atoms with Crippen LogP contribution in [0, 0.1) is 11.5 Å². The zero-order valence-corrected chi connectivity index (χ0v) is 23.6. The minimum atomic E-state index is -5.97. The molecule has 0 amide bonds. The maximum absolute atomic E-state index is 13.2. The van der Waals surface area contributed by atoms with Crippen molar-refractivity contribution in [3.63, 3.8) is 0 Å². The lowest BCUT2D eigenvalue weighted by molar-refractivity contribution is -0.0499. The van der Waals surface area contributed by atoms with Gasteiger partial charge in [-0.3, -0.25) is 0 Å². The summed E-state index contributed by atoms with van der Waals surface area (Å²) >= 11 is 0. The van der Waals surface area contributed by atoms with Gasteiger partial charge in [0.1, 0.15) is 19.6 Å². The third-order valence-corrected chi connectivity index (χ3v) is 13.6. The van der Waals surface area contributed by atoms with Crippen molar-refractivity contribution >= 4 is 29.0 Å². The summed E-state index contributed by atoms with van der Waals surface area (Å²) in [6, 6.07) is 5.82. The summed E-state index contributed by atoms with van der Waals surface area (Å²) in [7, 11) is -5.44. The van der Waals surface area contributed by atoms with Crippen LogP contribution in [0.4, 0.5) is 13.2 Å². The number of hydrogen-bond donors (Lipinski definition) is 0. The van der Waals surface area contributed by atoms with Crippen LogP contribution >= 0.6 is 0 Å². The lowest BCUT2D eigenvalue weighted by Gasteiger charge is -2.38. The molecule has 0 saturated carbocycles. The van der Waals surface area contributed by atoms with Crippen molar-refractivity contribution in [2.24, 2.45) is 0 Å². The van der Waals surface area contributed by atoms with E-state index in [9.17, 15) is 21.6 Å². The molecule has 0 spiro atoms. The first-order valence-corrected chi connectivity index (χ1v) is 15.1. The van der Waals surface area contributed by atoms with Crippen LogP contribution in [0.5, 0.6) is 17.2 Å². The molecule has 0 bridgehead atoms. The molecule has 2 aromatic carbocycles. The lowest BCUT2D eigenvalue weighted by Crippen LogP contribution is -2.43. The Morgan fingerprint density at radius 1 is 0.944 bits per heavy atom. The standard InChI is InChI=1S/C25H33F3O6SSi/c1-16(2)36(17(3)4,18(5)6)12-11-21-22(32-8)10-9-19-13-20(33-15-31-7)14-23(24(19)21)34-35(29,30)25(26,27)28/h9-10,13-14,16-18H,15H2,1-8H3. The first-order valence-electron chi connectivity index (χ1n) is 11.4. The Morgan fingerprint density at radius 3 is 2.00 bits per heavy atom. The average molecular weight is 547 g/mol. The van der Waals surface area contributed by atoms with E-state index in [2.05, 4.69) is 57.2 Å². The van der Waals surface area contributed by atoms with Crippen molar-refractivity contribution in [2.45, 2.75) is 63.7 Å². The van der Waals surface area contributed by atoms with E-state index < -0.39 is 29.4 Å². The molecule has 36 heavy (non-hydrogen) atoms. The van der Waals surface area contributed by atoms with Gasteiger partial charge in [-0.05, 0) is 34.1 Å². The topological polar surface area (TPSA) is 71.1 Å². The largest absolute Gasteiger partial charge is 0.534 e. The highest BCUT2D eigenvalue weighted by Crippen LogP contribution is 2.43. The van der Waals surface area contributed by atoms with Crippen LogP contribution in [-0.2, 0) is 14.9 Å². The summed E-state index contributed by atoms with van der Waals surface area (Å²) in [5.74, 6) is 2.97. The molecule has 0 aliphatic heterocycles. The van der Waals surface area contributed by atoms with Crippen molar-refractivity contribution in [1.82, 2.24) is 0 Å². The monoisotopic (exact) mass is 546 g/mol. The van der Waals surface area contributed by atoms with Crippen LogP contribution in [0.2, 0.25) is 16.6 Å². The minimum Gasteiger partial charge on any atom is -0.495 e. The number of rotatable bonds is 9. The van der Waals surface area contributed by atoms with E-state index >= 15 is 0 Å². The second-order valence-electron chi connectivity index (χ2n) is 9.34. The molecule has 0 radical (unpaired) electrons. The van der Waals surface area contributed by atoms with Gasteiger partial charge in [0.05, 0.1) is 12.7 Å². The molecule has 0 atom stereocenters. The molecule has 0 N–H and O–H groups in total. The maximum atomic E-state index is 13.2. The number of hydrogen-bond acceptors (Lipinski definition) is 6. The number of halogens is 3. The smallest absolute Gasteiger partial charge is 0.495 e. The Bertz CT molecular complexity index is 1220. The molecule has 0 aliphatic rings. The predicted octanol–water partition coefficient (Wildman–Crippen LogP) is 6.63. The van der Waals surface area contributed by atoms with Gasteiger partial charge >= 0.3 is 15.6 Å². The molecule has 0 aromatic heterocycles. The van der Waals surface area contributed by atoms with Gasteiger partial charge in [-0.25, -0.2) is 0 Å². The number of fused-ring (bicyclic) bond motifs is 1. The lowest BCUT2D eigenvalue weighted by atomic mass is 10.0. The number of alkyl halides is 3. The Morgan fingerprint density at radius 2 is 1.53 bits per heavy atom. The van der Waals surface area contributed by atoms with Crippen LogP contribution in [0.15, 0.2) is 24.3 Å². The quantitative estimate of drug-likeness (QED) is 0.116. The molecule has 11 heteroatoms. The molecule has 2 aromatic rings. The second kappa shape index (κ2) is 11.3. The van der Waals surface area contributed by atoms with Crippen molar-refractivity contribution in [3.05, 3.63) is 29.8 Å². The van der Waals surface area contributed by atoms with E-state index in [0.717, 1.165) is 6.07 Å². The summed E-state index contributed by atoms with van der Waals surface area (Å²) in [5, 5.41) is 0.450. The van der Waals surface area contributed by atoms with E-state index in [0.29, 0.717) is 22.0 Å². The predicted molar refractivity (Wildman–Crippen MR) is 137 cm³/mol. The van der Waals surface area contributed by atoms with E-state index in [1.54, 1.807) is 18.2 Å². The van der Waals surface area contributed by atoms with Crippen molar-refractivity contribution < 1.29 is 40.0 Å². The zero-order valence-electron chi connectivity index (χ0n) is 21.7. The minimum absolute atomic E-state index is 0.0658. The van der Waals surface area contributed by atoms with Crippen molar-refractivity contribution in [2.75, 3.05) is 21.0 Å². The van der Waals surface area contributed by atoms with E-state index in [4.69, 9.17) is 14.2 Å². The Balaban J connectivity index is 2.96. The summed E-state index contributed by atoms with van der Waals surface area (Å²) in [4.78, 5) is 0. The van der Waals surface area contributed by atoms with Crippen LogP contribution in [0.1, 0.15) is 47.1 Å². The average Bonchev–Trinajstić information content (AvgIpc) is 2.76. The molecule has 2 rings (SSSR count). The van der Waals surface area contributed by atoms with Gasteiger partial charge in [-0.15, -0.1) is 5.54 Å². The van der Waals surface area contributed by atoms with Crippen molar-refractivity contribution in [3.8, 4) is 28.7 Å². The second-order valence-corrected chi connectivity index (χ2v) is 16.5. The molecule has 6 nitrogen and oxygen atoms in total. The Kier molecular flexibility index (Phi) is 9.37. The van der Waals surface area contributed by atoms with Gasteiger partial charge < -0.3 is 18.4 Å². The summed E-state index contributed by atoms with van der Waals surface area (Å²) in [6.45, 7) is 12.6. The molecule has 0 unspecified atom stereocenters. The maximum Gasteiger partial charge on any atom is 0.534 e. The van der Waals surface area contributed by atoms with Crippen LogP contribution in [-0.4, -0.2) is 43.0 Å². The number of methoxy groups -OCH3 is 2. The normalized spacial score (nSPS) is 12.7. The first-order chi connectivity index (χ1) is 16.6. The number of benzene rings is 2.